The topological polar surface area (TPSA) is 18.5 Å². The Bertz CT molecular complexity index is 1320. The van der Waals surface area contributed by atoms with Crippen molar-refractivity contribution in [2.75, 3.05) is 14.2 Å². The summed E-state index contributed by atoms with van der Waals surface area (Å²) in [6, 6.07) is 20.4. The Hall–Kier alpha value is -3.00. The first kappa shape index (κ1) is 21.8. The van der Waals surface area contributed by atoms with Gasteiger partial charge >= 0.3 is 0 Å². The SMILES string of the molecule is CCc1ccc(CC2CCCc3c2ccc2c3cc(OC)c3c(OC)cccc32)cc1CC. The van der Waals surface area contributed by atoms with Crippen LogP contribution in [0.15, 0.2) is 54.6 Å². The van der Waals surface area contributed by atoms with Gasteiger partial charge in [-0.15, -0.1) is 0 Å². The van der Waals surface area contributed by atoms with E-state index in [9.17, 15) is 0 Å². The van der Waals surface area contributed by atoms with E-state index in [1.165, 1.54) is 56.8 Å². The fraction of sp³-hybridized carbons (Fsp3) is 0.355. The number of hydrogen-bond donors (Lipinski definition) is 0. The Morgan fingerprint density at radius 1 is 0.788 bits per heavy atom. The lowest BCUT2D eigenvalue weighted by Gasteiger charge is -2.28. The maximum atomic E-state index is 5.86. The summed E-state index contributed by atoms with van der Waals surface area (Å²) in [5, 5.41) is 4.90. The van der Waals surface area contributed by atoms with E-state index in [2.05, 4.69) is 62.4 Å². The number of methoxy groups -OCH3 is 2. The molecule has 0 aromatic heterocycles. The lowest BCUT2D eigenvalue weighted by Crippen LogP contribution is -2.13. The molecule has 2 heteroatoms. The molecule has 5 rings (SSSR count). The molecule has 0 bridgehead atoms. The van der Waals surface area contributed by atoms with Gasteiger partial charge in [-0.05, 0) is 101 Å². The molecule has 4 aromatic carbocycles. The van der Waals surface area contributed by atoms with Gasteiger partial charge in [0.2, 0.25) is 0 Å². The number of fused-ring (bicyclic) bond motifs is 5. The molecule has 0 N–H and O–H groups in total. The highest BCUT2D eigenvalue weighted by Crippen LogP contribution is 2.44. The first-order chi connectivity index (χ1) is 16.2. The summed E-state index contributed by atoms with van der Waals surface area (Å²) in [4.78, 5) is 0. The van der Waals surface area contributed by atoms with Crippen LogP contribution in [-0.2, 0) is 25.7 Å². The normalized spacial score (nSPS) is 15.6. The highest BCUT2D eigenvalue weighted by Gasteiger charge is 2.24. The van der Waals surface area contributed by atoms with Crippen molar-refractivity contribution in [2.24, 2.45) is 0 Å². The molecule has 0 fully saturated rings. The maximum Gasteiger partial charge on any atom is 0.131 e. The Balaban J connectivity index is 1.62. The van der Waals surface area contributed by atoms with Crippen LogP contribution in [0.3, 0.4) is 0 Å². The van der Waals surface area contributed by atoms with Gasteiger partial charge < -0.3 is 9.47 Å². The van der Waals surface area contributed by atoms with E-state index in [0.29, 0.717) is 5.92 Å². The van der Waals surface area contributed by atoms with E-state index in [4.69, 9.17) is 9.47 Å². The van der Waals surface area contributed by atoms with E-state index in [0.717, 1.165) is 42.6 Å². The van der Waals surface area contributed by atoms with Crippen molar-refractivity contribution in [1.82, 2.24) is 0 Å². The van der Waals surface area contributed by atoms with Crippen molar-refractivity contribution in [1.29, 1.82) is 0 Å². The van der Waals surface area contributed by atoms with Gasteiger partial charge in [-0.3, -0.25) is 0 Å². The van der Waals surface area contributed by atoms with E-state index >= 15 is 0 Å². The van der Waals surface area contributed by atoms with Gasteiger partial charge in [0.1, 0.15) is 11.5 Å². The molecule has 0 saturated heterocycles. The van der Waals surface area contributed by atoms with Crippen LogP contribution < -0.4 is 9.47 Å². The van der Waals surface area contributed by atoms with E-state index in [1.807, 2.05) is 6.07 Å². The Morgan fingerprint density at radius 3 is 2.36 bits per heavy atom. The summed E-state index contributed by atoms with van der Waals surface area (Å²) in [5.74, 6) is 2.33. The molecule has 1 aliphatic carbocycles. The second-order valence-electron chi connectivity index (χ2n) is 9.29. The minimum absolute atomic E-state index is 0.572. The zero-order valence-corrected chi connectivity index (χ0v) is 20.3. The van der Waals surface area contributed by atoms with Crippen LogP contribution in [0.2, 0.25) is 0 Å². The van der Waals surface area contributed by atoms with Crippen molar-refractivity contribution in [3.63, 3.8) is 0 Å². The molecule has 0 heterocycles. The van der Waals surface area contributed by atoms with Crippen molar-refractivity contribution < 1.29 is 9.47 Å². The molecule has 1 aliphatic rings. The van der Waals surface area contributed by atoms with Crippen LogP contribution in [0.4, 0.5) is 0 Å². The fourth-order valence-corrected chi connectivity index (χ4v) is 5.94. The predicted octanol–water partition coefficient (Wildman–Crippen LogP) is 7.80. The average Bonchev–Trinajstić information content (AvgIpc) is 2.87. The fourth-order valence-electron chi connectivity index (χ4n) is 5.94. The van der Waals surface area contributed by atoms with Gasteiger partial charge in [-0.25, -0.2) is 0 Å². The molecule has 2 nitrogen and oxygen atoms in total. The lowest BCUT2D eigenvalue weighted by molar-refractivity contribution is 0.405. The van der Waals surface area contributed by atoms with Gasteiger partial charge in [0.25, 0.3) is 0 Å². The molecule has 4 aromatic rings. The first-order valence-corrected chi connectivity index (χ1v) is 12.4. The molecule has 0 radical (unpaired) electrons. The lowest BCUT2D eigenvalue weighted by atomic mass is 9.77. The molecular weight excluding hydrogens is 404 g/mol. The second kappa shape index (κ2) is 9.09. The molecule has 0 aliphatic heterocycles. The van der Waals surface area contributed by atoms with Crippen molar-refractivity contribution in [3.8, 4) is 11.5 Å². The Labute approximate surface area is 197 Å². The molecule has 33 heavy (non-hydrogen) atoms. The number of aryl methyl sites for hydroxylation is 3. The van der Waals surface area contributed by atoms with E-state index < -0.39 is 0 Å². The summed E-state index contributed by atoms with van der Waals surface area (Å²) < 4.78 is 11.5. The average molecular weight is 439 g/mol. The van der Waals surface area contributed by atoms with Gasteiger partial charge in [0, 0.05) is 0 Å². The number of benzene rings is 4. The van der Waals surface area contributed by atoms with Gasteiger partial charge in [-0.1, -0.05) is 56.3 Å². The summed E-state index contributed by atoms with van der Waals surface area (Å²) in [7, 11) is 3.49. The second-order valence-corrected chi connectivity index (χ2v) is 9.29. The molecule has 1 atom stereocenters. The van der Waals surface area contributed by atoms with E-state index in [1.54, 1.807) is 14.2 Å². The minimum Gasteiger partial charge on any atom is -0.496 e. The number of rotatable bonds is 6. The molecule has 170 valence electrons. The predicted molar refractivity (Wildman–Crippen MR) is 139 cm³/mol. The number of ether oxygens (including phenoxy) is 2. The maximum absolute atomic E-state index is 5.86. The van der Waals surface area contributed by atoms with Gasteiger partial charge in [0.05, 0.1) is 19.6 Å². The van der Waals surface area contributed by atoms with Crippen molar-refractivity contribution in [2.45, 2.75) is 58.3 Å². The molecular formula is C31H34O2. The summed E-state index contributed by atoms with van der Waals surface area (Å²) in [6.07, 6.45) is 6.98. The monoisotopic (exact) mass is 438 g/mol. The largest absolute Gasteiger partial charge is 0.496 e. The zero-order valence-electron chi connectivity index (χ0n) is 20.3. The highest BCUT2D eigenvalue weighted by atomic mass is 16.5. The quantitative estimate of drug-likeness (QED) is 0.286. The molecule has 0 spiro atoms. The van der Waals surface area contributed by atoms with Crippen molar-refractivity contribution >= 4 is 21.5 Å². The third-order valence-electron chi connectivity index (χ3n) is 7.61. The zero-order chi connectivity index (χ0) is 22.9. The minimum atomic E-state index is 0.572. The Morgan fingerprint density at radius 2 is 1.61 bits per heavy atom. The van der Waals surface area contributed by atoms with Crippen LogP contribution in [0.25, 0.3) is 21.5 Å². The molecule has 0 amide bonds. The number of hydrogen-bond acceptors (Lipinski definition) is 2. The van der Waals surface area contributed by atoms with Crippen LogP contribution in [0.5, 0.6) is 11.5 Å². The summed E-state index contributed by atoms with van der Waals surface area (Å²) in [6.45, 7) is 4.53. The van der Waals surface area contributed by atoms with Crippen molar-refractivity contribution in [3.05, 3.63) is 82.4 Å². The van der Waals surface area contributed by atoms with Crippen LogP contribution in [0.1, 0.15) is 60.4 Å². The van der Waals surface area contributed by atoms with Crippen LogP contribution >= 0.6 is 0 Å². The van der Waals surface area contributed by atoms with Gasteiger partial charge in [-0.2, -0.15) is 0 Å². The summed E-state index contributed by atoms with van der Waals surface area (Å²) in [5.41, 5.74) is 7.51. The highest BCUT2D eigenvalue weighted by molar-refractivity contribution is 6.13. The molecule has 1 unspecified atom stereocenters. The first-order valence-electron chi connectivity index (χ1n) is 12.4. The molecule has 0 saturated carbocycles. The smallest absolute Gasteiger partial charge is 0.131 e. The van der Waals surface area contributed by atoms with E-state index in [-0.39, 0.29) is 0 Å². The Kier molecular flexibility index (Phi) is 6.01. The van der Waals surface area contributed by atoms with Gasteiger partial charge in [0.15, 0.2) is 0 Å². The van der Waals surface area contributed by atoms with Crippen LogP contribution in [-0.4, -0.2) is 14.2 Å². The standard InChI is InChI=1S/C31H34O2/c1-5-21-14-13-20(17-22(21)6-2)18-23-9-7-10-25-24(23)15-16-26-27-11-8-12-29(32-3)31(27)30(33-4)19-28(25)26/h8,11-17,19,23H,5-7,9-10,18H2,1-4H3. The third kappa shape index (κ3) is 3.76. The third-order valence-corrected chi connectivity index (χ3v) is 7.61. The van der Waals surface area contributed by atoms with Crippen LogP contribution in [0, 0.1) is 0 Å². The summed E-state index contributed by atoms with van der Waals surface area (Å²) >= 11 is 0.